The van der Waals surface area contributed by atoms with Crippen LogP contribution in [0, 0.1) is 34.5 Å². The van der Waals surface area contributed by atoms with Gasteiger partial charge in [0.1, 0.15) is 0 Å². The molecule has 0 amide bonds. The van der Waals surface area contributed by atoms with Crippen LogP contribution in [0.5, 0.6) is 0 Å². The predicted octanol–water partition coefficient (Wildman–Crippen LogP) is 4.16. The van der Waals surface area contributed by atoms with E-state index in [0.29, 0.717) is 30.3 Å². The van der Waals surface area contributed by atoms with Crippen molar-refractivity contribution in [3.8, 4) is 0 Å². The van der Waals surface area contributed by atoms with Crippen molar-refractivity contribution >= 4 is 0 Å². The standard InChI is InChI=1S/C20H34O2/c1-13(2)14-6-8-16-15(18(14)22)7-9-17-19(3,12-21)10-5-11-20(16,17)4/h7,13-14,16-18,21-22H,5-6,8-12H2,1-4H3. The van der Waals surface area contributed by atoms with Gasteiger partial charge in [0.2, 0.25) is 0 Å². The van der Waals surface area contributed by atoms with E-state index >= 15 is 0 Å². The fourth-order valence-corrected chi connectivity index (χ4v) is 6.24. The van der Waals surface area contributed by atoms with E-state index in [1.54, 1.807) is 0 Å². The van der Waals surface area contributed by atoms with Gasteiger partial charge in [-0.05, 0) is 72.2 Å². The zero-order valence-electron chi connectivity index (χ0n) is 14.8. The molecule has 22 heavy (non-hydrogen) atoms. The summed E-state index contributed by atoms with van der Waals surface area (Å²) >= 11 is 0. The lowest BCUT2D eigenvalue weighted by Gasteiger charge is -2.59. The van der Waals surface area contributed by atoms with E-state index in [1.807, 2.05) is 0 Å². The van der Waals surface area contributed by atoms with Gasteiger partial charge in [0.15, 0.2) is 0 Å². The van der Waals surface area contributed by atoms with Gasteiger partial charge in [-0.2, -0.15) is 0 Å². The van der Waals surface area contributed by atoms with Crippen molar-refractivity contribution in [2.45, 2.75) is 72.3 Å². The highest BCUT2D eigenvalue weighted by atomic mass is 16.3. The summed E-state index contributed by atoms with van der Waals surface area (Å²) in [5, 5.41) is 20.9. The molecule has 0 aliphatic heterocycles. The molecule has 3 aliphatic rings. The molecule has 0 bridgehead atoms. The second kappa shape index (κ2) is 5.63. The van der Waals surface area contributed by atoms with Crippen LogP contribution in [-0.2, 0) is 0 Å². The maximum absolute atomic E-state index is 10.9. The van der Waals surface area contributed by atoms with Crippen molar-refractivity contribution in [2.75, 3.05) is 6.61 Å². The van der Waals surface area contributed by atoms with Crippen molar-refractivity contribution in [3.05, 3.63) is 11.6 Å². The molecule has 3 rings (SSSR count). The van der Waals surface area contributed by atoms with E-state index in [0.717, 1.165) is 19.3 Å². The van der Waals surface area contributed by atoms with Crippen LogP contribution in [0.3, 0.4) is 0 Å². The summed E-state index contributed by atoms with van der Waals surface area (Å²) in [5.74, 6) is 2.07. The molecule has 2 saturated carbocycles. The smallest absolute Gasteiger partial charge is 0.0783 e. The van der Waals surface area contributed by atoms with Gasteiger partial charge in [-0.3, -0.25) is 0 Å². The quantitative estimate of drug-likeness (QED) is 0.752. The van der Waals surface area contributed by atoms with Crippen molar-refractivity contribution in [1.82, 2.24) is 0 Å². The lowest BCUT2D eigenvalue weighted by atomic mass is 9.46. The van der Waals surface area contributed by atoms with E-state index in [4.69, 9.17) is 0 Å². The molecule has 0 spiro atoms. The summed E-state index contributed by atoms with van der Waals surface area (Å²) in [7, 11) is 0. The third kappa shape index (κ3) is 2.29. The Kier molecular flexibility index (Phi) is 4.23. The van der Waals surface area contributed by atoms with Crippen LogP contribution in [-0.4, -0.2) is 22.9 Å². The number of fused-ring (bicyclic) bond motifs is 3. The normalized spacial score (nSPS) is 48.6. The second-order valence-corrected chi connectivity index (χ2v) is 9.15. The zero-order chi connectivity index (χ0) is 16.1. The molecule has 0 heterocycles. The first-order valence-electron chi connectivity index (χ1n) is 9.32. The van der Waals surface area contributed by atoms with Gasteiger partial charge in [-0.1, -0.05) is 40.2 Å². The maximum atomic E-state index is 10.9. The fourth-order valence-electron chi connectivity index (χ4n) is 6.24. The Morgan fingerprint density at radius 3 is 2.59 bits per heavy atom. The van der Waals surface area contributed by atoms with E-state index in [9.17, 15) is 10.2 Å². The minimum absolute atomic E-state index is 0.0644. The maximum Gasteiger partial charge on any atom is 0.0783 e. The number of aliphatic hydroxyl groups is 2. The van der Waals surface area contributed by atoms with Gasteiger partial charge in [-0.25, -0.2) is 0 Å². The highest BCUT2D eigenvalue weighted by molar-refractivity contribution is 5.26. The molecule has 0 saturated heterocycles. The summed E-state index contributed by atoms with van der Waals surface area (Å²) in [5.41, 5.74) is 1.67. The van der Waals surface area contributed by atoms with Gasteiger partial charge in [0.05, 0.1) is 6.10 Å². The van der Waals surface area contributed by atoms with Crippen LogP contribution in [0.4, 0.5) is 0 Å². The zero-order valence-corrected chi connectivity index (χ0v) is 14.8. The van der Waals surface area contributed by atoms with E-state index in [2.05, 4.69) is 33.8 Å². The average Bonchev–Trinajstić information content (AvgIpc) is 2.47. The first kappa shape index (κ1) is 16.5. The minimum Gasteiger partial charge on any atom is -0.396 e. The molecule has 0 aromatic heterocycles. The molecule has 6 atom stereocenters. The Labute approximate surface area is 136 Å². The third-order valence-electron chi connectivity index (χ3n) is 7.64. The second-order valence-electron chi connectivity index (χ2n) is 9.15. The number of hydrogen-bond acceptors (Lipinski definition) is 2. The van der Waals surface area contributed by atoms with E-state index < -0.39 is 0 Å². The molecule has 2 heteroatoms. The Morgan fingerprint density at radius 1 is 1.23 bits per heavy atom. The predicted molar refractivity (Wildman–Crippen MR) is 90.4 cm³/mol. The third-order valence-corrected chi connectivity index (χ3v) is 7.64. The highest BCUT2D eigenvalue weighted by Gasteiger charge is 2.56. The molecule has 2 nitrogen and oxygen atoms in total. The van der Waals surface area contributed by atoms with Crippen molar-refractivity contribution in [3.63, 3.8) is 0 Å². The monoisotopic (exact) mass is 306 g/mol. The largest absolute Gasteiger partial charge is 0.396 e. The fraction of sp³-hybridized carbons (Fsp3) is 0.900. The Balaban J connectivity index is 1.94. The van der Waals surface area contributed by atoms with Gasteiger partial charge in [0.25, 0.3) is 0 Å². The molecule has 2 N–H and O–H groups in total. The molecule has 126 valence electrons. The SMILES string of the molecule is CC(C)C1CCC2C(=CCC3C(C)(CO)CCCC23C)C1O. The Morgan fingerprint density at radius 2 is 1.95 bits per heavy atom. The highest BCUT2D eigenvalue weighted by Crippen LogP contribution is 2.62. The van der Waals surface area contributed by atoms with Crippen molar-refractivity contribution in [2.24, 2.45) is 34.5 Å². The molecule has 2 fully saturated rings. The van der Waals surface area contributed by atoms with Gasteiger partial charge in [0, 0.05) is 6.61 Å². The number of hydrogen-bond donors (Lipinski definition) is 2. The summed E-state index contributed by atoms with van der Waals surface area (Å²) in [6.45, 7) is 9.52. The lowest BCUT2D eigenvalue weighted by Crippen LogP contribution is -2.54. The van der Waals surface area contributed by atoms with Gasteiger partial charge >= 0.3 is 0 Å². The van der Waals surface area contributed by atoms with Crippen LogP contribution in [0.25, 0.3) is 0 Å². The van der Waals surface area contributed by atoms with Crippen LogP contribution in [0.1, 0.15) is 66.2 Å². The van der Waals surface area contributed by atoms with Crippen LogP contribution < -0.4 is 0 Å². The van der Waals surface area contributed by atoms with Crippen molar-refractivity contribution in [1.29, 1.82) is 0 Å². The van der Waals surface area contributed by atoms with Gasteiger partial charge in [-0.15, -0.1) is 0 Å². The van der Waals surface area contributed by atoms with Crippen LogP contribution in [0.15, 0.2) is 11.6 Å². The first-order chi connectivity index (χ1) is 10.3. The number of aliphatic hydroxyl groups excluding tert-OH is 2. The van der Waals surface area contributed by atoms with Crippen LogP contribution in [0.2, 0.25) is 0 Å². The Bertz CT molecular complexity index is 455. The van der Waals surface area contributed by atoms with E-state index in [1.165, 1.54) is 24.8 Å². The number of rotatable bonds is 2. The molecule has 0 radical (unpaired) electrons. The molecule has 3 aliphatic carbocycles. The molecule has 0 aromatic rings. The topological polar surface area (TPSA) is 40.5 Å². The first-order valence-corrected chi connectivity index (χ1v) is 9.32. The Hall–Kier alpha value is -0.340. The summed E-state index contributed by atoms with van der Waals surface area (Å²) in [6.07, 6.45) is 9.16. The average molecular weight is 306 g/mol. The summed E-state index contributed by atoms with van der Waals surface area (Å²) < 4.78 is 0. The van der Waals surface area contributed by atoms with Crippen molar-refractivity contribution < 1.29 is 10.2 Å². The molecular weight excluding hydrogens is 272 g/mol. The molecular formula is C20H34O2. The minimum atomic E-state index is -0.237. The summed E-state index contributed by atoms with van der Waals surface area (Å²) in [6, 6.07) is 0. The molecule has 0 aromatic carbocycles. The lowest BCUT2D eigenvalue weighted by molar-refractivity contribution is -0.0901. The van der Waals surface area contributed by atoms with E-state index in [-0.39, 0.29) is 16.9 Å². The number of allylic oxidation sites excluding steroid dienone is 1. The summed E-state index contributed by atoms with van der Waals surface area (Å²) in [4.78, 5) is 0. The molecule has 6 unspecified atom stereocenters. The van der Waals surface area contributed by atoms with Gasteiger partial charge < -0.3 is 10.2 Å². The van der Waals surface area contributed by atoms with Crippen LogP contribution >= 0.6 is 0 Å².